The molecule has 9 heteroatoms. The predicted molar refractivity (Wildman–Crippen MR) is 90.5 cm³/mol. The smallest absolute Gasteiger partial charge is 0.335 e. The number of methoxy groups -OCH3 is 1. The fourth-order valence-electron chi connectivity index (χ4n) is 1.84. The van der Waals surface area contributed by atoms with Gasteiger partial charge in [0.15, 0.2) is 12.4 Å². The quantitative estimate of drug-likeness (QED) is 0.583. The van der Waals surface area contributed by atoms with Crippen molar-refractivity contribution in [1.29, 1.82) is 0 Å². The van der Waals surface area contributed by atoms with E-state index in [2.05, 4.69) is 10.5 Å². The highest BCUT2D eigenvalue weighted by atomic mass is 35.5. The normalized spacial score (nSPS) is 10.2. The number of benzene rings is 1. The average Bonchev–Trinajstić information content (AvgIpc) is 2.62. The summed E-state index contributed by atoms with van der Waals surface area (Å²) in [6, 6.07) is 8.18. The Labute approximate surface area is 153 Å². The summed E-state index contributed by atoms with van der Waals surface area (Å²) in [5.41, 5.74) is 2.68. The second-order valence-corrected chi connectivity index (χ2v) is 5.45. The Morgan fingerprint density at radius 1 is 1.16 bits per heavy atom. The molecule has 0 aliphatic heterocycles. The number of rotatable bonds is 7. The molecule has 2 aromatic rings. The molecule has 25 heavy (non-hydrogen) atoms. The van der Waals surface area contributed by atoms with Crippen molar-refractivity contribution in [2.75, 3.05) is 13.7 Å². The highest BCUT2D eigenvalue weighted by Gasteiger charge is 2.20. The van der Waals surface area contributed by atoms with Crippen molar-refractivity contribution in [2.45, 2.75) is 6.61 Å². The molecule has 0 spiro atoms. The Morgan fingerprint density at radius 3 is 2.60 bits per heavy atom. The van der Waals surface area contributed by atoms with Crippen LogP contribution in [-0.2, 0) is 21.0 Å². The number of pyridine rings is 1. The fraction of sp³-hybridized carbons (Fsp3) is 0.188. The van der Waals surface area contributed by atoms with Crippen LogP contribution in [0.5, 0.6) is 5.75 Å². The maximum atomic E-state index is 12.1. The number of nitrogens with one attached hydrogen (secondary N) is 1. The molecule has 2 rings (SSSR count). The van der Waals surface area contributed by atoms with E-state index in [0.29, 0.717) is 5.69 Å². The molecule has 0 bridgehead atoms. The molecule has 1 N–H and O–H groups in total. The molecule has 0 fully saturated rings. The van der Waals surface area contributed by atoms with Gasteiger partial charge in [-0.25, -0.2) is 10.3 Å². The zero-order chi connectivity index (χ0) is 18.2. The summed E-state index contributed by atoms with van der Waals surface area (Å²) >= 11 is 11.9. The number of ether oxygens (including phenoxy) is 2. The first kappa shape index (κ1) is 19.0. The standard InChI is InChI=1S/C16H14Cl2N2O5/c1-23-15-12(18)6-5-11(17)14(15)16(22)20-25-9-13(21)24-8-10-4-2-3-7-19-10/h2-7H,8-9H2,1H3,(H,20,22). The molecule has 0 unspecified atom stereocenters. The summed E-state index contributed by atoms with van der Waals surface area (Å²) < 4.78 is 10.0. The zero-order valence-electron chi connectivity index (χ0n) is 13.1. The molecule has 1 aromatic carbocycles. The van der Waals surface area contributed by atoms with E-state index in [1.54, 1.807) is 24.4 Å². The first-order valence-electron chi connectivity index (χ1n) is 7.02. The van der Waals surface area contributed by atoms with Crippen molar-refractivity contribution in [2.24, 2.45) is 0 Å². The first-order chi connectivity index (χ1) is 12.0. The van der Waals surface area contributed by atoms with Crippen LogP contribution in [0.1, 0.15) is 16.1 Å². The van der Waals surface area contributed by atoms with Gasteiger partial charge in [0.2, 0.25) is 0 Å². The number of hydrogen-bond donors (Lipinski definition) is 1. The third-order valence-electron chi connectivity index (χ3n) is 2.95. The third-order valence-corrected chi connectivity index (χ3v) is 3.56. The van der Waals surface area contributed by atoms with Gasteiger partial charge in [-0.3, -0.25) is 14.6 Å². The Bertz CT molecular complexity index is 756. The lowest BCUT2D eigenvalue weighted by Crippen LogP contribution is -2.28. The monoisotopic (exact) mass is 384 g/mol. The van der Waals surface area contributed by atoms with Gasteiger partial charge >= 0.3 is 5.97 Å². The van der Waals surface area contributed by atoms with Gasteiger partial charge in [-0.2, -0.15) is 0 Å². The van der Waals surface area contributed by atoms with Gasteiger partial charge in [0.1, 0.15) is 12.2 Å². The van der Waals surface area contributed by atoms with Gasteiger partial charge in [-0.1, -0.05) is 29.3 Å². The van der Waals surface area contributed by atoms with Crippen LogP contribution in [0.25, 0.3) is 0 Å². The van der Waals surface area contributed by atoms with E-state index in [1.165, 1.54) is 19.2 Å². The van der Waals surface area contributed by atoms with Crippen molar-refractivity contribution in [1.82, 2.24) is 10.5 Å². The minimum atomic E-state index is -0.707. The minimum Gasteiger partial charge on any atom is -0.494 e. The van der Waals surface area contributed by atoms with E-state index < -0.39 is 18.5 Å². The lowest BCUT2D eigenvalue weighted by molar-refractivity contribution is -0.152. The summed E-state index contributed by atoms with van der Waals surface area (Å²) in [6.45, 7) is -0.482. The Hall–Kier alpha value is -2.35. The van der Waals surface area contributed by atoms with Crippen molar-refractivity contribution < 1.29 is 23.9 Å². The molecule has 132 valence electrons. The van der Waals surface area contributed by atoms with Crippen LogP contribution in [0, 0.1) is 0 Å². The molecular weight excluding hydrogens is 371 g/mol. The number of nitrogens with zero attached hydrogens (tertiary/aromatic N) is 1. The van der Waals surface area contributed by atoms with Crippen molar-refractivity contribution in [3.63, 3.8) is 0 Å². The van der Waals surface area contributed by atoms with E-state index in [9.17, 15) is 9.59 Å². The Kier molecular flexibility index (Phi) is 7.00. The van der Waals surface area contributed by atoms with Gasteiger partial charge in [0.25, 0.3) is 5.91 Å². The van der Waals surface area contributed by atoms with Gasteiger partial charge in [-0.05, 0) is 24.3 Å². The van der Waals surface area contributed by atoms with Crippen LogP contribution < -0.4 is 10.2 Å². The summed E-state index contributed by atoms with van der Waals surface area (Å²) in [5.74, 6) is -1.27. The number of carbonyl (C=O) groups is 2. The SMILES string of the molecule is COc1c(Cl)ccc(Cl)c1C(=O)NOCC(=O)OCc1ccccn1. The van der Waals surface area contributed by atoms with E-state index in [1.807, 2.05) is 0 Å². The van der Waals surface area contributed by atoms with Crippen molar-refractivity contribution in [3.05, 3.63) is 57.8 Å². The molecule has 0 saturated carbocycles. The molecule has 7 nitrogen and oxygen atoms in total. The number of halogens is 2. The Morgan fingerprint density at radius 2 is 1.92 bits per heavy atom. The third kappa shape index (κ3) is 5.32. The summed E-state index contributed by atoms with van der Waals surface area (Å²) in [7, 11) is 1.35. The molecule has 0 aliphatic carbocycles. The molecule has 0 atom stereocenters. The van der Waals surface area contributed by atoms with Crippen LogP contribution in [0.4, 0.5) is 0 Å². The summed E-state index contributed by atoms with van der Waals surface area (Å²) in [6.07, 6.45) is 1.59. The van der Waals surface area contributed by atoms with E-state index in [4.69, 9.17) is 37.5 Å². The second kappa shape index (κ2) is 9.22. The fourth-order valence-corrected chi connectivity index (χ4v) is 2.30. The first-order valence-corrected chi connectivity index (χ1v) is 7.78. The number of amides is 1. The Balaban J connectivity index is 1.84. The van der Waals surface area contributed by atoms with Crippen LogP contribution in [-0.4, -0.2) is 30.6 Å². The number of hydrogen-bond acceptors (Lipinski definition) is 6. The highest BCUT2D eigenvalue weighted by molar-refractivity contribution is 6.37. The van der Waals surface area contributed by atoms with E-state index in [0.717, 1.165) is 0 Å². The topological polar surface area (TPSA) is 86.8 Å². The van der Waals surface area contributed by atoms with Gasteiger partial charge in [0.05, 0.1) is 22.8 Å². The van der Waals surface area contributed by atoms with Crippen LogP contribution in [0.3, 0.4) is 0 Å². The van der Waals surface area contributed by atoms with Crippen LogP contribution in [0.15, 0.2) is 36.5 Å². The van der Waals surface area contributed by atoms with E-state index in [-0.39, 0.29) is 28.0 Å². The van der Waals surface area contributed by atoms with Crippen LogP contribution in [0.2, 0.25) is 10.0 Å². The largest absolute Gasteiger partial charge is 0.494 e. The number of hydroxylamine groups is 1. The zero-order valence-corrected chi connectivity index (χ0v) is 14.6. The average molecular weight is 385 g/mol. The van der Waals surface area contributed by atoms with Gasteiger partial charge in [0, 0.05) is 6.20 Å². The van der Waals surface area contributed by atoms with Gasteiger partial charge < -0.3 is 9.47 Å². The molecule has 1 aromatic heterocycles. The van der Waals surface area contributed by atoms with E-state index >= 15 is 0 Å². The van der Waals surface area contributed by atoms with Gasteiger partial charge in [-0.15, -0.1) is 0 Å². The minimum absolute atomic E-state index is 0.00137. The maximum absolute atomic E-state index is 12.1. The molecule has 1 amide bonds. The molecule has 0 saturated heterocycles. The predicted octanol–water partition coefficient (Wildman–Crippen LogP) is 2.80. The lowest BCUT2D eigenvalue weighted by Gasteiger charge is -2.12. The summed E-state index contributed by atoms with van der Waals surface area (Å²) in [4.78, 5) is 32.6. The number of carbonyl (C=O) groups excluding carboxylic acids is 2. The van der Waals surface area contributed by atoms with Crippen molar-refractivity contribution in [3.8, 4) is 5.75 Å². The number of aromatic nitrogens is 1. The number of esters is 1. The molecule has 1 heterocycles. The second-order valence-electron chi connectivity index (χ2n) is 4.64. The molecule has 0 radical (unpaired) electrons. The lowest BCUT2D eigenvalue weighted by atomic mass is 10.2. The molecule has 0 aliphatic rings. The van der Waals surface area contributed by atoms with Crippen LogP contribution >= 0.6 is 23.2 Å². The van der Waals surface area contributed by atoms with Crippen molar-refractivity contribution >= 4 is 35.1 Å². The highest BCUT2D eigenvalue weighted by Crippen LogP contribution is 2.33. The summed E-state index contributed by atoms with van der Waals surface area (Å²) in [5, 5.41) is 0.340. The molecular formula is C16H14Cl2N2O5. The maximum Gasteiger partial charge on any atom is 0.335 e.